The molecule has 1 heterocycles. The maximum absolute atomic E-state index is 12.0. The summed E-state index contributed by atoms with van der Waals surface area (Å²) in [5.74, 6) is 0.192. The number of nitrogens with zero attached hydrogens (tertiary/aromatic N) is 4. The van der Waals surface area contributed by atoms with Crippen molar-refractivity contribution in [1.82, 2.24) is 20.4 Å². The number of benzene rings is 1. The molecule has 0 fully saturated rings. The second-order valence-electron chi connectivity index (χ2n) is 7.32. The molecule has 1 amide bonds. The third-order valence-electron chi connectivity index (χ3n) is 3.48. The van der Waals surface area contributed by atoms with Crippen molar-refractivity contribution in [3.63, 3.8) is 0 Å². The lowest BCUT2D eigenvalue weighted by molar-refractivity contribution is 0.0537. The number of hydrogen-bond donors (Lipinski definition) is 1. The highest BCUT2D eigenvalue weighted by atomic mass is 35.5. The summed E-state index contributed by atoms with van der Waals surface area (Å²) in [6.07, 6.45) is 0. The number of hydrogen-bond acceptors (Lipinski definition) is 7. The molecule has 2 rings (SSSR count). The molecule has 0 saturated carbocycles. The van der Waals surface area contributed by atoms with Crippen LogP contribution < -0.4 is 10.4 Å². The fraction of sp³-hybridized carbons (Fsp3) is 0.444. The number of carbonyl (C=O) groups excluding carboxylic acids is 1. The topological polar surface area (TPSA) is 80.2 Å². The van der Waals surface area contributed by atoms with Gasteiger partial charge in [-0.15, -0.1) is 0 Å². The molecule has 1 aromatic carbocycles. The van der Waals surface area contributed by atoms with Crippen LogP contribution in [0.25, 0.3) is 0 Å². The van der Waals surface area contributed by atoms with Gasteiger partial charge in [-0.1, -0.05) is 26.8 Å². The van der Waals surface area contributed by atoms with E-state index in [2.05, 4.69) is 46.0 Å². The Morgan fingerprint density at radius 3 is 2.63 bits per heavy atom. The van der Waals surface area contributed by atoms with Gasteiger partial charge in [0, 0.05) is 24.1 Å². The van der Waals surface area contributed by atoms with Crippen LogP contribution in [0.1, 0.15) is 36.7 Å². The van der Waals surface area contributed by atoms with Crippen LogP contribution in [0.4, 0.5) is 5.95 Å². The van der Waals surface area contributed by atoms with Crippen molar-refractivity contribution in [3.05, 3.63) is 34.6 Å². The quantitative estimate of drug-likeness (QED) is 0.727. The van der Waals surface area contributed by atoms with Gasteiger partial charge in [-0.25, -0.2) is 5.48 Å². The molecule has 2 aromatic rings. The van der Waals surface area contributed by atoms with E-state index in [9.17, 15) is 4.79 Å². The van der Waals surface area contributed by atoms with E-state index in [1.807, 2.05) is 24.9 Å². The fourth-order valence-electron chi connectivity index (χ4n) is 2.42. The molecule has 146 valence electrons. The van der Waals surface area contributed by atoms with Crippen LogP contribution in [0.2, 0.25) is 5.28 Å². The average Bonchev–Trinajstić information content (AvgIpc) is 2.55. The van der Waals surface area contributed by atoms with Crippen LogP contribution >= 0.6 is 23.4 Å². The number of aromatic nitrogens is 3. The van der Waals surface area contributed by atoms with Gasteiger partial charge in [0.1, 0.15) is 0 Å². The summed E-state index contributed by atoms with van der Waals surface area (Å²) in [6, 6.07) is 5.36. The Labute approximate surface area is 168 Å². The normalized spacial score (nSPS) is 11.4. The van der Waals surface area contributed by atoms with Gasteiger partial charge in [-0.3, -0.25) is 9.63 Å². The second kappa shape index (κ2) is 8.86. The lowest BCUT2D eigenvalue weighted by atomic mass is 9.96. The van der Waals surface area contributed by atoms with Gasteiger partial charge in [0.25, 0.3) is 5.91 Å². The van der Waals surface area contributed by atoms with Gasteiger partial charge in [-0.05, 0) is 53.4 Å². The minimum atomic E-state index is -0.321. The maximum atomic E-state index is 12.0. The zero-order valence-corrected chi connectivity index (χ0v) is 17.9. The second-order valence-corrected chi connectivity index (χ2v) is 8.67. The van der Waals surface area contributed by atoms with E-state index in [0.29, 0.717) is 16.7 Å². The number of amides is 1. The number of halogens is 1. The van der Waals surface area contributed by atoms with E-state index in [1.165, 1.54) is 18.9 Å². The largest absolute Gasteiger partial charge is 0.343 e. The number of carbonyl (C=O) groups is 1. The molecule has 1 N–H and O–H groups in total. The zero-order valence-electron chi connectivity index (χ0n) is 16.3. The Balaban J connectivity index is 2.29. The van der Waals surface area contributed by atoms with Gasteiger partial charge in [0.2, 0.25) is 11.2 Å². The molecule has 0 bridgehead atoms. The van der Waals surface area contributed by atoms with Gasteiger partial charge >= 0.3 is 0 Å². The summed E-state index contributed by atoms with van der Waals surface area (Å²) in [4.78, 5) is 32.4. The molecule has 0 aliphatic rings. The standard InChI is InChI=1S/C18H24ClN5O2S/c1-11-7-8-12(14(25)23-26-6)9-13(11)27-17-21-15(19)20-16(22-17)24(5)10-18(2,3)4/h7-9H,10H2,1-6H3,(H,23,25). The summed E-state index contributed by atoms with van der Waals surface area (Å²) in [7, 11) is 3.32. The molecule has 1 aromatic heterocycles. The molecule has 0 radical (unpaired) electrons. The van der Waals surface area contributed by atoms with E-state index >= 15 is 0 Å². The first-order valence-corrected chi connectivity index (χ1v) is 9.53. The van der Waals surface area contributed by atoms with Crippen LogP contribution in [0.5, 0.6) is 0 Å². The Morgan fingerprint density at radius 1 is 1.30 bits per heavy atom. The predicted octanol–water partition coefficient (Wildman–Crippen LogP) is 3.76. The Bertz CT molecular complexity index is 826. The van der Waals surface area contributed by atoms with Crippen molar-refractivity contribution >= 4 is 35.2 Å². The highest BCUT2D eigenvalue weighted by Gasteiger charge is 2.18. The molecule has 0 aliphatic carbocycles. The van der Waals surface area contributed by atoms with Crippen molar-refractivity contribution in [1.29, 1.82) is 0 Å². The third kappa shape index (κ3) is 6.34. The predicted molar refractivity (Wildman–Crippen MR) is 107 cm³/mol. The number of anilines is 1. The number of nitrogens with one attached hydrogen (secondary N) is 1. The molecule has 9 heteroatoms. The monoisotopic (exact) mass is 409 g/mol. The lowest BCUT2D eigenvalue weighted by Crippen LogP contribution is -2.30. The molecule has 0 atom stereocenters. The van der Waals surface area contributed by atoms with Gasteiger partial charge in [-0.2, -0.15) is 15.0 Å². The van der Waals surface area contributed by atoms with Gasteiger partial charge < -0.3 is 4.90 Å². The molecule has 27 heavy (non-hydrogen) atoms. The summed E-state index contributed by atoms with van der Waals surface area (Å²) in [5, 5.41) is 0.604. The third-order valence-corrected chi connectivity index (χ3v) is 4.67. The molecule has 7 nitrogen and oxygen atoms in total. The number of rotatable bonds is 6. The summed E-state index contributed by atoms with van der Waals surface area (Å²) in [5.41, 5.74) is 3.87. The van der Waals surface area contributed by atoms with Crippen LogP contribution in [0.3, 0.4) is 0 Å². The highest BCUT2D eigenvalue weighted by Crippen LogP contribution is 2.30. The zero-order chi connectivity index (χ0) is 20.2. The van der Waals surface area contributed by atoms with Gasteiger partial charge in [0.15, 0.2) is 5.16 Å². The number of hydroxylamine groups is 1. The minimum absolute atomic E-state index is 0.0841. The van der Waals surface area contributed by atoms with Crippen LogP contribution in [0.15, 0.2) is 28.3 Å². The van der Waals surface area contributed by atoms with Crippen molar-refractivity contribution in [2.45, 2.75) is 37.7 Å². The first kappa shape index (κ1) is 21.4. The van der Waals surface area contributed by atoms with Crippen LogP contribution in [0, 0.1) is 12.3 Å². The van der Waals surface area contributed by atoms with E-state index in [-0.39, 0.29) is 16.6 Å². The Morgan fingerprint density at radius 2 is 2.00 bits per heavy atom. The smallest absolute Gasteiger partial charge is 0.274 e. The van der Waals surface area contributed by atoms with E-state index in [1.54, 1.807) is 12.1 Å². The van der Waals surface area contributed by atoms with E-state index in [0.717, 1.165) is 17.0 Å². The van der Waals surface area contributed by atoms with Crippen molar-refractivity contribution in [2.75, 3.05) is 25.6 Å². The summed E-state index contributed by atoms with van der Waals surface area (Å²) >= 11 is 7.44. The SMILES string of the molecule is CONC(=O)c1ccc(C)c(Sc2nc(Cl)nc(N(C)CC(C)(C)C)n2)c1. The summed E-state index contributed by atoms with van der Waals surface area (Å²) in [6.45, 7) is 9.14. The summed E-state index contributed by atoms with van der Waals surface area (Å²) < 4.78 is 0. The minimum Gasteiger partial charge on any atom is -0.343 e. The van der Waals surface area contributed by atoms with Crippen molar-refractivity contribution in [3.8, 4) is 0 Å². The average molecular weight is 410 g/mol. The van der Waals surface area contributed by atoms with E-state index in [4.69, 9.17) is 11.6 Å². The molecule has 0 unspecified atom stereocenters. The van der Waals surface area contributed by atoms with Crippen LogP contribution in [-0.2, 0) is 4.84 Å². The first-order chi connectivity index (χ1) is 12.6. The molecule has 0 aliphatic heterocycles. The van der Waals surface area contributed by atoms with Crippen molar-refractivity contribution < 1.29 is 9.63 Å². The number of aryl methyl sites for hydroxylation is 1. The van der Waals surface area contributed by atoms with Crippen molar-refractivity contribution in [2.24, 2.45) is 5.41 Å². The molecule has 0 spiro atoms. The molecule has 0 saturated heterocycles. The molecular weight excluding hydrogens is 386 g/mol. The maximum Gasteiger partial charge on any atom is 0.274 e. The highest BCUT2D eigenvalue weighted by molar-refractivity contribution is 7.99. The molecular formula is C18H24ClN5O2S. The Kier molecular flexibility index (Phi) is 7.02. The van der Waals surface area contributed by atoms with E-state index < -0.39 is 0 Å². The first-order valence-electron chi connectivity index (χ1n) is 8.33. The Hall–Kier alpha value is -1.90. The van der Waals surface area contributed by atoms with Crippen LogP contribution in [-0.4, -0.2) is 41.6 Å². The lowest BCUT2D eigenvalue weighted by Gasteiger charge is -2.26. The van der Waals surface area contributed by atoms with Gasteiger partial charge in [0.05, 0.1) is 7.11 Å². The fourth-order valence-corrected chi connectivity index (χ4v) is 3.50.